The Morgan fingerprint density at radius 3 is 3.00 bits per heavy atom. The lowest BCUT2D eigenvalue weighted by molar-refractivity contribution is -0.113. The van der Waals surface area contributed by atoms with Crippen LogP contribution in [0, 0.1) is 6.92 Å². The summed E-state index contributed by atoms with van der Waals surface area (Å²) in [5.74, 6) is 1.08. The van der Waals surface area contributed by atoms with Crippen LogP contribution in [0.4, 0.5) is 5.69 Å². The van der Waals surface area contributed by atoms with Gasteiger partial charge in [-0.15, -0.1) is 11.8 Å². The average Bonchev–Trinajstić information content (AvgIpc) is 3.20. The van der Waals surface area contributed by atoms with Crippen LogP contribution in [0.3, 0.4) is 0 Å². The molecule has 0 saturated carbocycles. The largest absolute Gasteiger partial charge is 0.325 e. The third kappa shape index (κ3) is 4.65. The SMILES string of the molecule is Cc1nsnc1CSCC(=O)Nc1cccc(Cn2cccn2)c1. The lowest BCUT2D eigenvalue weighted by Gasteiger charge is -2.08. The summed E-state index contributed by atoms with van der Waals surface area (Å²) < 4.78 is 10.2. The lowest BCUT2D eigenvalue weighted by Crippen LogP contribution is -2.14. The van der Waals surface area contributed by atoms with Crippen LogP contribution in [0.1, 0.15) is 17.0 Å². The summed E-state index contributed by atoms with van der Waals surface area (Å²) in [6, 6.07) is 9.71. The number of nitrogens with one attached hydrogen (secondary N) is 1. The van der Waals surface area contributed by atoms with E-state index < -0.39 is 0 Å². The van der Waals surface area contributed by atoms with Crippen LogP contribution in [-0.2, 0) is 17.1 Å². The zero-order chi connectivity index (χ0) is 16.8. The van der Waals surface area contributed by atoms with Crippen molar-refractivity contribution in [2.75, 3.05) is 11.1 Å². The number of rotatable bonds is 7. The summed E-state index contributed by atoms with van der Waals surface area (Å²) in [6.45, 7) is 2.62. The summed E-state index contributed by atoms with van der Waals surface area (Å²) in [5, 5.41) is 7.12. The Morgan fingerprint density at radius 2 is 2.25 bits per heavy atom. The zero-order valence-electron chi connectivity index (χ0n) is 13.2. The average molecular weight is 359 g/mol. The van der Waals surface area contributed by atoms with E-state index in [4.69, 9.17) is 0 Å². The lowest BCUT2D eigenvalue weighted by atomic mass is 10.2. The van der Waals surface area contributed by atoms with Crippen molar-refractivity contribution in [2.24, 2.45) is 0 Å². The fraction of sp³-hybridized carbons (Fsp3) is 0.250. The van der Waals surface area contributed by atoms with Crippen molar-refractivity contribution in [2.45, 2.75) is 19.2 Å². The highest BCUT2D eigenvalue weighted by molar-refractivity contribution is 7.99. The van der Waals surface area contributed by atoms with Crippen molar-refractivity contribution in [3.63, 3.8) is 0 Å². The minimum atomic E-state index is -0.0166. The minimum Gasteiger partial charge on any atom is -0.325 e. The van der Waals surface area contributed by atoms with Crippen LogP contribution in [0.5, 0.6) is 0 Å². The minimum absolute atomic E-state index is 0.0166. The molecule has 2 heterocycles. The molecule has 124 valence electrons. The first-order valence-corrected chi connectivity index (χ1v) is 9.31. The molecule has 0 aliphatic rings. The normalized spacial score (nSPS) is 10.7. The molecule has 1 N–H and O–H groups in total. The first-order valence-electron chi connectivity index (χ1n) is 7.43. The first-order chi connectivity index (χ1) is 11.7. The van der Waals surface area contributed by atoms with Crippen molar-refractivity contribution in [1.82, 2.24) is 18.5 Å². The fourth-order valence-corrected chi connectivity index (χ4v) is 3.62. The standard InChI is InChI=1S/C16H17N5OS2/c1-12-15(20-24-19-12)10-23-11-16(22)18-14-5-2-4-13(8-14)9-21-7-3-6-17-21/h2-8H,9-11H2,1H3,(H,18,22). The van der Waals surface area contributed by atoms with Crippen LogP contribution in [-0.4, -0.2) is 30.2 Å². The molecule has 2 aromatic heterocycles. The van der Waals surface area contributed by atoms with Gasteiger partial charge in [0.1, 0.15) is 0 Å². The molecule has 0 atom stereocenters. The maximum absolute atomic E-state index is 12.1. The van der Waals surface area contributed by atoms with E-state index in [1.54, 1.807) is 6.20 Å². The van der Waals surface area contributed by atoms with Gasteiger partial charge in [0, 0.05) is 23.8 Å². The monoisotopic (exact) mass is 359 g/mol. The molecule has 1 amide bonds. The molecular weight excluding hydrogens is 342 g/mol. The van der Waals surface area contributed by atoms with Gasteiger partial charge in [0.25, 0.3) is 0 Å². The van der Waals surface area contributed by atoms with E-state index in [2.05, 4.69) is 19.2 Å². The molecule has 0 spiro atoms. The number of carbonyl (C=O) groups is 1. The highest BCUT2D eigenvalue weighted by Crippen LogP contribution is 2.16. The number of amides is 1. The highest BCUT2D eigenvalue weighted by atomic mass is 32.2. The van der Waals surface area contributed by atoms with Crippen molar-refractivity contribution in [1.29, 1.82) is 0 Å². The Balaban J connectivity index is 1.50. The number of benzene rings is 1. The molecule has 0 fully saturated rings. The molecule has 8 heteroatoms. The van der Waals surface area contributed by atoms with Crippen LogP contribution in [0.25, 0.3) is 0 Å². The second-order valence-corrected chi connectivity index (χ2v) is 6.76. The van der Waals surface area contributed by atoms with Gasteiger partial charge in [-0.25, -0.2) is 0 Å². The smallest absolute Gasteiger partial charge is 0.234 e. The van der Waals surface area contributed by atoms with Gasteiger partial charge in [-0.1, -0.05) is 12.1 Å². The van der Waals surface area contributed by atoms with Crippen LogP contribution >= 0.6 is 23.5 Å². The van der Waals surface area contributed by atoms with Crippen LogP contribution < -0.4 is 5.32 Å². The quantitative estimate of drug-likeness (QED) is 0.702. The van der Waals surface area contributed by atoms with Crippen LogP contribution in [0.15, 0.2) is 42.7 Å². The molecule has 24 heavy (non-hydrogen) atoms. The van der Waals surface area contributed by atoms with E-state index in [0.29, 0.717) is 18.1 Å². The summed E-state index contributed by atoms with van der Waals surface area (Å²) in [7, 11) is 0. The first kappa shape index (κ1) is 16.7. The summed E-state index contributed by atoms with van der Waals surface area (Å²) >= 11 is 2.75. The number of hydrogen-bond donors (Lipinski definition) is 1. The van der Waals surface area contributed by atoms with Gasteiger partial charge in [0.2, 0.25) is 5.91 Å². The molecule has 3 aromatic rings. The number of aryl methyl sites for hydroxylation is 1. The van der Waals surface area contributed by atoms with E-state index in [1.807, 2.05) is 48.1 Å². The molecule has 0 unspecified atom stereocenters. The predicted molar refractivity (Wildman–Crippen MR) is 97.2 cm³/mol. The summed E-state index contributed by atoms with van der Waals surface area (Å²) in [4.78, 5) is 12.1. The molecular formula is C16H17N5OS2. The van der Waals surface area contributed by atoms with Crippen molar-refractivity contribution >= 4 is 35.1 Å². The summed E-state index contributed by atoms with van der Waals surface area (Å²) in [5.41, 5.74) is 3.79. The van der Waals surface area contributed by atoms with Gasteiger partial charge in [0.05, 0.1) is 35.4 Å². The number of anilines is 1. The number of aromatic nitrogens is 4. The molecule has 0 saturated heterocycles. The fourth-order valence-electron chi connectivity index (χ4n) is 2.15. The summed E-state index contributed by atoms with van der Waals surface area (Å²) in [6.07, 6.45) is 3.67. The molecule has 3 rings (SSSR count). The van der Waals surface area contributed by atoms with Gasteiger partial charge in [-0.2, -0.15) is 13.8 Å². The van der Waals surface area contributed by atoms with Gasteiger partial charge >= 0.3 is 0 Å². The second kappa shape index (κ2) is 8.07. The van der Waals surface area contributed by atoms with E-state index in [0.717, 1.165) is 22.6 Å². The van der Waals surface area contributed by atoms with E-state index >= 15 is 0 Å². The number of hydrogen-bond acceptors (Lipinski definition) is 6. The third-order valence-corrected chi connectivity index (χ3v) is 4.93. The zero-order valence-corrected chi connectivity index (χ0v) is 14.8. The number of thioether (sulfide) groups is 1. The third-order valence-electron chi connectivity index (χ3n) is 3.33. The Morgan fingerprint density at radius 1 is 1.33 bits per heavy atom. The van der Waals surface area contributed by atoms with E-state index in [1.165, 1.54) is 23.5 Å². The van der Waals surface area contributed by atoms with Crippen LogP contribution in [0.2, 0.25) is 0 Å². The van der Waals surface area contributed by atoms with Gasteiger partial charge in [-0.05, 0) is 30.7 Å². The Kier molecular flexibility index (Phi) is 5.60. The maximum Gasteiger partial charge on any atom is 0.234 e. The second-order valence-electron chi connectivity index (χ2n) is 5.24. The van der Waals surface area contributed by atoms with Gasteiger partial charge < -0.3 is 5.32 Å². The molecule has 0 bridgehead atoms. The maximum atomic E-state index is 12.1. The van der Waals surface area contributed by atoms with Gasteiger partial charge in [0.15, 0.2) is 0 Å². The number of carbonyl (C=O) groups excluding carboxylic acids is 1. The predicted octanol–water partition coefficient (Wildman–Crippen LogP) is 2.96. The Labute approximate surface area is 148 Å². The van der Waals surface area contributed by atoms with Crippen molar-refractivity contribution < 1.29 is 4.79 Å². The highest BCUT2D eigenvalue weighted by Gasteiger charge is 2.07. The number of nitrogens with zero attached hydrogens (tertiary/aromatic N) is 4. The van der Waals surface area contributed by atoms with Gasteiger partial charge in [-0.3, -0.25) is 9.48 Å². The Bertz CT molecular complexity index is 800. The molecule has 6 nitrogen and oxygen atoms in total. The topological polar surface area (TPSA) is 72.7 Å². The van der Waals surface area contributed by atoms with Crippen molar-refractivity contribution in [3.05, 3.63) is 59.7 Å². The Hall–Kier alpha value is -2.19. The molecule has 1 aromatic carbocycles. The molecule has 0 radical (unpaired) electrons. The van der Waals surface area contributed by atoms with Crippen molar-refractivity contribution in [3.8, 4) is 0 Å². The van der Waals surface area contributed by atoms with E-state index in [-0.39, 0.29) is 5.91 Å². The molecule has 0 aliphatic carbocycles. The van der Waals surface area contributed by atoms with E-state index in [9.17, 15) is 4.79 Å². The molecule has 0 aliphatic heterocycles.